The number of hydrogen-bond acceptors (Lipinski definition) is 5. The van der Waals surface area contributed by atoms with Crippen LogP contribution in [0, 0.1) is 13.8 Å². The second kappa shape index (κ2) is 9.72. The Morgan fingerprint density at radius 2 is 1.18 bits per heavy atom. The van der Waals surface area contributed by atoms with E-state index in [0.717, 1.165) is 62.4 Å². The molecule has 0 aliphatic heterocycles. The molecule has 0 N–H and O–H groups in total. The molecule has 0 spiro atoms. The maximum Gasteiger partial charge on any atom is 0.119 e. The number of hydrogen-bond donors (Lipinski definition) is 0. The molecule has 0 atom stereocenters. The first-order valence-corrected chi connectivity index (χ1v) is 11.6. The van der Waals surface area contributed by atoms with Crippen LogP contribution >= 0.6 is 23.2 Å². The molecule has 172 valence electrons. The first kappa shape index (κ1) is 23.6. The smallest absolute Gasteiger partial charge is 0.119 e. The van der Waals surface area contributed by atoms with Gasteiger partial charge < -0.3 is 9.47 Å². The van der Waals surface area contributed by atoms with Crippen LogP contribution in [0.2, 0.25) is 10.0 Å². The summed E-state index contributed by atoms with van der Waals surface area (Å²) in [5, 5.41) is 3.20. The standard InChI is InChI=1S/C26H27Cl2N3O2/c1-6-31(13-21-15(2)29-23-9-7-17(32-4)11-19(23)25(21)27)14-22-16(3)30-24-10-8-18(33-5)12-20(24)26(22)28/h7-12H,6,13-14H2,1-5H3. The molecule has 33 heavy (non-hydrogen) atoms. The number of fused-ring (bicyclic) bond motifs is 2. The zero-order valence-corrected chi connectivity index (χ0v) is 21.0. The highest BCUT2D eigenvalue weighted by molar-refractivity contribution is 6.36. The molecule has 0 bridgehead atoms. The summed E-state index contributed by atoms with van der Waals surface area (Å²) < 4.78 is 10.8. The van der Waals surface area contributed by atoms with Crippen molar-refractivity contribution >= 4 is 45.0 Å². The molecule has 0 fully saturated rings. The summed E-state index contributed by atoms with van der Waals surface area (Å²) in [6.07, 6.45) is 0. The Kier molecular flexibility index (Phi) is 6.94. The first-order valence-electron chi connectivity index (χ1n) is 10.8. The Hall–Kier alpha value is -2.60. The van der Waals surface area contributed by atoms with Crippen molar-refractivity contribution in [1.29, 1.82) is 0 Å². The lowest BCUT2D eigenvalue weighted by Crippen LogP contribution is -2.24. The Labute approximate surface area is 204 Å². The largest absolute Gasteiger partial charge is 0.497 e. The van der Waals surface area contributed by atoms with E-state index in [-0.39, 0.29) is 0 Å². The molecule has 0 saturated carbocycles. The van der Waals surface area contributed by atoms with Gasteiger partial charge in [-0.15, -0.1) is 0 Å². The summed E-state index contributed by atoms with van der Waals surface area (Å²) in [7, 11) is 3.30. The van der Waals surface area contributed by atoms with Gasteiger partial charge in [0.25, 0.3) is 0 Å². The van der Waals surface area contributed by atoms with E-state index in [4.69, 9.17) is 42.6 Å². The van der Waals surface area contributed by atoms with Crippen LogP contribution in [0.1, 0.15) is 29.4 Å². The second-order valence-corrected chi connectivity index (χ2v) is 8.80. The molecule has 2 heterocycles. The highest BCUT2D eigenvalue weighted by atomic mass is 35.5. The fraction of sp³-hybridized carbons (Fsp3) is 0.308. The van der Waals surface area contributed by atoms with Crippen LogP contribution in [0.5, 0.6) is 11.5 Å². The lowest BCUT2D eigenvalue weighted by molar-refractivity contribution is 0.270. The van der Waals surface area contributed by atoms with Crippen molar-refractivity contribution in [3.05, 3.63) is 69.0 Å². The minimum atomic E-state index is 0.646. The van der Waals surface area contributed by atoms with E-state index in [1.54, 1.807) is 14.2 Å². The van der Waals surface area contributed by atoms with Crippen LogP contribution in [0.25, 0.3) is 21.8 Å². The van der Waals surface area contributed by atoms with Gasteiger partial charge in [0.15, 0.2) is 0 Å². The van der Waals surface area contributed by atoms with Crippen LogP contribution in [0.15, 0.2) is 36.4 Å². The number of aromatic nitrogens is 2. The molecular weight excluding hydrogens is 457 g/mol. The Morgan fingerprint density at radius 1 is 0.758 bits per heavy atom. The number of ether oxygens (including phenoxy) is 2. The van der Waals surface area contributed by atoms with Crippen LogP contribution in [0.4, 0.5) is 0 Å². The van der Waals surface area contributed by atoms with Gasteiger partial charge in [0, 0.05) is 46.4 Å². The summed E-state index contributed by atoms with van der Waals surface area (Å²) in [6, 6.07) is 11.5. The Bertz CT molecular complexity index is 1240. The SMILES string of the molecule is CCN(Cc1c(C)nc2ccc(OC)cc2c1Cl)Cc1c(C)nc2ccc(OC)cc2c1Cl. The maximum absolute atomic E-state index is 6.88. The van der Waals surface area contributed by atoms with Gasteiger partial charge in [0.2, 0.25) is 0 Å². The van der Waals surface area contributed by atoms with Gasteiger partial charge in [-0.3, -0.25) is 14.9 Å². The molecule has 2 aromatic carbocycles. The van der Waals surface area contributed by atoms with E-state index in [0.29, 0.717) is 23.1 Å². The number of halogens is 2. The van der Waals surface area contributed by atoms with Crippen molar-refractivity contribution in [1.82, 2.24) is 14.9 Å². The lowest BCUT2D eigenvalue weighted by Gasteiger charge is -2.24. The average molecular weight is 484 g/mol. The summed E-state index contributed by atoms with van der Waals surface area (Å²) >= 11 is 13.8. The van der Waals surface area contributed by atoms with Gasteiger partial charge in [-0.1, -0.05) is 30.1 Å². The minimum Gasteiger partial charge on any atom is -0.497 e. The summed E-state index contributed by atoms with van der Waals surface area (Å²) in [5.74, 6) is 1.52. The lowest BCUT2D eigenvalue weighted by atomic mass is 10.1. The van der Waals surface area contributed by atoms with E-state index >= 15 is 0 Å². The molecule has 5 nitrogen and oxygen atoms in total. The molecule has 4 aromatic rings. The third-order valence-electron chi connectivity index (χ3n) is 6.07. The Morgan fingerprint density at radius 3 is 1.55 bits per heavy atom. The van der Waals surface area contributed by atoms with Crippen molar-refractivity contribution in [2.75, 3.05) is 20.8 Å². The predicted octanol–water partition coefficient (Wildman–Crippen LogP) is 6.75. The molecular formula is C26H27Cl2N3O2. The van der Waals surface area contributed by atoms with E-state index in [2.05, 4.69) is 11.8 Å². The molecule has 2 aromatic heterocycles. The molecule has 0 saturated heterocycles. The molecule has 0 aliphatic rings. The third-order valence-corrected chi connectivity index (χ3v) is 6.93. The van der Waals surface area contributed by atoms with E-state index < -0.39 is 0 Å². The topological polar surface area (TPSA) is 47.5 Å². The maximum atomic E-state index is 6.88. The molecule has 7 heteroatoms. The fourth-order valence-corrected chi connectivity index (χ4v) is 4.76. The summed E-state index contributed by atoms with van der Waals surface area (Å²) in [6.45, 7) is 8.24. The van der Waals surface area contributed by atoms with Crippen molar-refractivity contribution in [3.8, 4) is 11.5 Å². The quantitative estimate of drug-likeness (QED) is 0.291. The van der Waals surface area contributed by atoms with Crippen LogP contribution in [-0.4, -0.2) is 35.6 Å². The van der Waals surface area contributed by atoms with Crippen molar-refractivity contribution < 1.29 is 9.47 Å². The van der Waals surface area contributed by atoms with Gasteiger partial charge in [-0.2, -0.15) is 0 Å². The van der Waals surface area contributed by atoms with Crippen LogP contribution in [-0.2, 0) is 13.1 Å². The average Bonchev–Trinajstić information content (AvgIpc) is 2.82. The van der Waals surface area contributed by atoms with Gasteiger partial charge in [-0.05, 0) is 56.8 Å². The summed E-state index contributed by atoms with van der Waals surface area (Å²) in [5.41, 5.74) is 5.56. The molecule has 4 rings (SSSR count). The van der Waals surface area contributed by atoms with Gasteiger partial charge in [0.1, 0.15) is 11.5 Å². The summed E-state index contributed by atoms with van der Waals surface area (Å²) in [4.78, 5) is 11.9. The highest BCUT2D eigenvalue weighted by Gasteiger charge is 2.18. The number of methoxy groups -OCH3 is 2. The molecule has 0 radical (unpaired) electrons. The number of aryl methyl sites for hydroxylation is 2. The number of nitrogens with zero attached hydrogens (tertiary/aromatic N) is 3. The monoisotopic (exact) mass is 483 g/mol. The molecule has 0 unspecified atom stereocenters. The zero-order valence-electron chi connectivity index (χ0n) is 19.5. The van der Waals surface area contributed by atoms with Crippen molar-refractivity contribution in [2.24, 2.45) is 0 Å². The first-order chi connectivity index (χ1) is 15.9. The minimum absolute atomic E-state index is 0.646. The highest BCUT2D eigenvalue weighted by Crippen LogP contribution is 2.34. The normalized spacial score (nSPS) is 11.5. The zero-order chi connectivity index (χ0) is 23.7. The number of rotatable bonds is 7. The molecule has 0 amide bonds. The van der Waals surface area contributed by atoms with Gasteiger partial charge in [-0.25, -0.2) is 0 Å². The van der Waals surface area contributed by atoms with Crippen LogP contribution in [0.3, 0.4) is 0 Å². The van der Waals surface area contributed by atoms with Crippen molar-refractivity contribution in [3.63, 3.8) is 0 Å². The van der Waals surface area contributed by atoms with E-state index in [1.807, 2.05) is 50.2 Å². The van der Waals surface area contributed by atoms with E-state index in [9.17, 15) is 0 Å². The van der Waals surface area contributed by atoms with Crippen LogP contribution < -0.4 is 9.47 Å². The van der Waals surface area contributed by atoms with Gasteiger partial charge in [0.05, 0.1) is 35.3 Å². The van der Waals surface area contributed by atoms with E-state index in [1.165, 1.54) is 0 Å². The van der Waals surface area contributed by atoms with Crippen molar-refractivity contribution in [2.45, 2.75) is 33.9 Å². The predicted molar refractivity (Wildman–Crippen MR) is 136 cm³/mol. The number of pyridine rings is 2. The third kappa shape index (κ3) is 4.58. The van der Waals surface area contributed by atoms with Gasteiger partial charge >= 0.3 is 0 Å². The Balaban J connectivity index is 1.71. The number of benzene rings is 2. The molecule has 0 aliphatic carbocycles. The second-order valence-electron chi connectivity index (χ2n) is 8.05. The fourth-order valence-electron chi connectivity index (χ4n) is 4.06.